The topological polar surface area (TPSA) is 70.2 Å². The number of hydrogen-bond donors (Lipinski definition) is 3. The van der Waals surface area contributed by atoms with Crippen LogP contribution in [-0.2, 0) is 0 Å². The molecule has 0 aliphatic carbocycles. The minimum absolute atomic E-state index is 0.000716. The zero-order chi connectivity index (χ0) is 17.7. The Hall–Kier alpha value is -2.96. The van der Waals surface area contributed by atoms with Crippen molar-refractivity contribution in [1.29, 1.82) is 0 Å². The molecule has 7 heteroatoms. The lowest BCUT2D eigenvalue weighted by Crippen LogP contribution is -2.34. The van der Waals surface area contributed by atoms with Crippen molar-refractivity contribution in [1.82, 2.24) is 5.32 Å². The maximum Gasteiger partial charge on any atom is 0.319 e. The first kappa shape index (κ1) is 17.4. The van der Waals surface area contributed by atoms with E-state index in [9.17, 15) is 18.4 Å². The van der Waals surface area contributed by atoms with Crippen LogP contribution in [0, 0.1) is 11.6 Å². The van der Waals surface area contributed by atoms with Crippen molar-refractivity contribution in [2.45, 2.75) is 19.9 Å². The largest absolute Gasteiger partial charge is 0.336 e. The Kier molecular flexibility index (Phi) is 5.47. The SMILES string of the molecule is CC(C)NC(=O)Nc1ccc(NC(=O)c2c(F)cccc2F)cc1. The van der Waals surface area contributed by atoms with Gasteiger partial charge in [-0.15, -0.1) is 0 Å². The van der Waals surface area contributed by atoms with E-state index in [-0.39, 0.29) is 12.1 Å². The summed E-state index contributed by atoms with van der Waals surface area (Å²) in [4.78, 5) is 23.5. The molecule has 126 valence electrons. The number of carbonyl (C=O) groups excluding carboxylic acids is 2. The Bertz CT molecular complexity index is 726. The Labute approximate surface area is 138 Å². The van der Waals surface area contributed by atoms with E-state index in [2.05, 4.69) is 16.0 Å². The fourth-order valence-electron chi connectivity index (χ4n) is 1.97. The molecule has 2 aromatic carbocycles. The summed E-state index contributed by atoms with van der Waals surface area (Å²) >= 11 is 0. The molecule has 2 rings (SSSR count). The van der Waals surface area contributed by atoms with Gasteiger partial charge in [0.2, 0.25) is 0 Å². The highest BCUT2D eigenvalue weighted by Gasteiger charge is 2.17. The van der Waals surface area contributed by atoms with Crippen LogP contribution in [0.4, 0.5) is 25.0 Å². The summed E-state index contributed by atoms with van der Waals surface area (Å²) in [5, 5.41) is 7.70. The predicted molar refractivity (Wildman–Crippen MR) is 88.0 cm³/mol. The van der Waals surface area contributed by atoms with Crippen molar-refractivity contribution < 1.29 is 18.4 Å². The molecule has 0 saturated carbocycles. The summed E-state index contributed by atoms with van der Waals surface area (Å²) in [6.45, 7) is 3.67. The third kappa shape index (κ3) is 4.52. The fraction of sp³-hybridized carbons (Fsp3) is 0.176. The second-order valence-electron chi connectivity index (χ2n) is 5.38. The van der Waals surface area contributed by atoms with E-state index in [0.717, 1.165) is 12.1 Å². The molecule has 0 fully saturated rings. The number of urea groups is 1. The third-order valence-electron chi connectivity index (χ3n) is 3.01. The zero-order valence-corrected chi connectivity index (χ0v) is 13.2. The van der Waals surface area contributed by atoms with E-state index in [1.165, 1.54) is 18.2 Å². The van der Waals surface area contributed by atoms with Crippen molar-refractivity contribution in [3.63, 3.8) is 0 Å². The first-order valence-corrected chi connectivity index (χ1v) is 7.29. The molecule has 0 aliphatic heterocycles. The molecule has 0 spiro atoms. The van der Waals surface area contributed by atoms with Crippen LogP contribution in [0.5, 0.6) is 0 Å². The quantitative estimate of drug-likeness (QED) is 0.797. The minimum atomic E-state index is -0.934. The molecular weight excluding hydrogens is 316 g/mol. The molecule has 3 amide bonds. The molecule has 0 saturated heterocycles. The first-order valence-electron chi connectivity index (χ1n) is 7.29. The van der Waals surface area contributed by atoms with Gasteiger partial charge in [-0.3, -0.25) is 4.79 Å². The maximum atomic E-state index is 13.6. The highest BCUT2D eigenvalue weighted by Crippen LogP contribution is 2.17. The van der Waals surface area contributed by atoms with E-state index in [1.54, 1.807) is 12.1 Å². The van der Waals surface area contributed by atoms with Gasteiger partial charge < -0.3 is 16.0 Å². The molecule has 0 heterocycles. The van der Waals surface area contributed by atoms with Crippen LogP contribution < -0.4 is 16.0 Å². The normalized spacial score (nSPS) is 10.4. The van der Waals surface area contributed by atoms with Crippen LogP contribution in [-0.4, -0.2) is 18.0 Å². The molecule has 2 aromatic rings. The third-order valence-corrected chi connectivity index (χ3v) is 3.01. The molecule has 0 bridgehead atoms. The van der Waals surface area contributed by atoms with E-state index in [1.807, 2.05) is 13.8 Å². The van der Waals surface area contributed by atoms with E-state index >= 15 is 0 Å². The first-order chi connectivity index (χ1) is 11.4. The second kappa shape index (κ2) is 7.54. The van der Waals surface area contributed by atoms with Gasteiger partial charge >= 0.3 is 6.03 Å². The van der Waals surface area contributed by atoms with Crippen LogP contribution >= 0.6 is 0 Å². The molecule has 0 radical (unpaired) electrons. The number of halogens is 2. The van der Waals surface area contributed by atoms with Crippen LogP contribution in [0.15, 0.2) is 42.5 Å². The maximum absolute atomic E-state index is 13.6. The van der Waals surface area contributed by atoms with Crippen LogP contribution in [0.25, 0.3) is 0 Å². The molecule has 5 nitrogen and oxygen atoms in total. The number of carbonyl (C=O) groups is 2. The van der Waals surface area contributed by atoms with Crippen LogP contribution in [0.3, 0.4) is 0 Å². The summed E-state index contributed by atoms with van der Waals surface area (Å²) in [5.41, 5.74) is 0.219. The van der Waals surface area contributed by atoms with E-state index in [0.29, 0.717) is 11.4 Å². The number of nitrogens with one attached hydrogen (secondary N) is 3. The van der Waals surface area contributed by atoms with Gasteiger partial charge in [-0.05, 0) is 50.2 Å². The lowest BCUT2D eigenvalue weighted by atomic mass is 10.1. The van der Waals surface area contributed by atoms with Crippen molar-refractivity contribution >= 4 is 23.3 Å². The van der Waals surface area contributed by atoms with Crippen LogP contribution in [0.2, 0.25) is 0 Å². The second-order valence-corrected chi connectivity index (χ2v) is 5.38. The zero-order valence-electron chi connectivity index (χ0n) is 13.2. The average Bonchev–Trinajstić information content (AvgIpc) is 2.48. The molecule has 24 heavy (non-hydrogen) atoms. The molecule has 3 N–H and O–H groups in total. The van der Waals surface area contributed by atoms with Crippen LogP contribution in [0.1, 0.15) is 24.2 Å². The lowest BCUT2D eigenvalue weighted by Gasteiger charge is -2.11. The molecule has 0 aliphatic rings. The standard InChI is InChI=1S/C17H17F2N3O2/c1-10(2)20-17(24)22-12-8-6-11(7-9-12)21-16(23)15-13(18)4-3-5-14(15)19/h3-10H,1-2H3,(H,21,23)(H2,20,22,24). The summed E-state index contributed by atoms with van der Waals surface area (Å²) in [6.07, 6.45) is 0. The molecule has 0 unspecified atom stereocenters. The minimum Gasteiger partial charge on any atom is -0.336 e. The summed E-state index contributed by atoms with van der Waals surface area (Å²) < 4.78 is 27.1. The number of anilines is 2. The lowest BCUT2D eigenvalue weighted by molar-refractivity contribution is 0.101. The summed E-state index contributed by atoms with van der Waals surface area (Å²) in [6, 6.07) is 9.01. The van der Waals surface area contributed by atoms with Gasteiger partial charge in [0, 0.05) is 17.4 Å². The van der Waals surface area contributed by atoms with E-state index < -0.39 is 23.1 Å². The van der Waals surface area contributed by atoms with Gasteiger partial charge in [0.1, 0.15) is 17.2 Å². The van der Waals surface area contributed by atoms with Gasteiger partial charge in [0.05, 0.1) is 0 Å². The highest BCUT2D eigenvalue weighted by molar-refractivity contribution is 6.04. The fourth-order valence-corrected chi connectivity index (χ4v) is 1.97. The van der Waals surface area contributed by atoms with Crippen molar-refractivity contribution in [3.8, 4) is 0 Å². The van der Waals surface area contributed by atoms with Gasteiger partial charge in [-0.2, -0.15) is 0 Å². The monoisotopic (exact) mass is 333 g/mol. The Morgan fingerprint density at radius 1 is 0.875 bits per heavy atom. The number of hydrogen-bond acceptors (Lipinski definition) is 2. The average molecular weight is 333 g/mol. The highest BCUT2D eigenvalue weighted by atomic mass is 19.1. The van der Waals surface area contributed by atoms with Gasteiger partial charge in [0.15, 0.2) is 0 Å². The molecule has 0 aromatic heterocycles. The van der Waals surface area contributed by atoms with Gasteiger partial charge in [0.25, 0.3) is 5.91 Å². The molecule has 0 atom stereocenters. The number of benzene rings is 2. The number of amides is 3. The Morgan fingerprint density at radius 3 is 1.88 bits per heavy atom. The van der Waals surface area contributed by atoms with Gasteiger partial charge in [-0.1, -0.05) is 6.07 Å². The van der Waals surface area contributed by atoms with E-state index in [4.69, 9.17) is 0 Å². The van der Waals surface area contributed by atoms with Crippen molar-refractivity contribution in [2.75, 3.05) is 10.6 Å². The van der Waals surface area contributed by atoms with Crippen molar-refractivity contribution in [2.24, 2.45) is 0 Å². The molecular formula is C17H17F2N3O2. The number of rotatable bonds is 4. The summed E-state index contributed by atoms with van der Waals surface area (Å²) in [5.74, 6) is -2.75. The Morgan fingerprint density at radius 2 is 1.38 bits per heavy atom. The predicted octanol–water partition coefficient (Wildman–Crippen LogP) is 3.75. The smallest absolute Gasteiger partial charge is 0.319 e. The van der Waals surface area contributed by atoms with Crippen molar-refractivity contribution in [3.05, 3.63) is 59.7 Å². The summed E-state index contributed by atoms with van der Waals surface area (Å²) in [7, 11) is 0. The Balaban J connectivity index is 2.04. The van der Waals surface area contributed by atoms with Gasteiger partial charge in [-0.25, -0.2) is 13.6 Å².